The Hall–Kier alpha value is -1.89. The number of amides is 1. The number of rotatable bonds is 7. The molecule has 1 aromatic rings. The van der Waals surface area contributed by atoms with Crippen molar-refractivity contribution in [1.82, 2.24) is 0 Å². The normalized spacial score (nSPS) is 16.4. The molecule has 2 rings (SSSR count). The summed E-state index contributed by atoms with van der Waals surface area (Å²) in [6.45, 7) is 9.68. The minimum absolute atomic E-state index is 0.227. The average Bonchev–Trinajstić information content (AvgIpc) is 2.97. The van der Waals surface area contributed by atoms with E-state index in [-0.39, 0.29) is 18.6 Å². The minimum atomic E-state index is -0.522. The second-order valence-electron chi connectivity index (χ2n) is 7.54. The molecule has 0 aromatic carbocycles. The highest BCUT2D eigenvalue weighted by atomic mass is 32.1. The maximum Gasteiger partial charge on any atom is 0.341 e. The van der Waals surface area contributed by atoms with Crippen LogP contribution in [0.2, 0.25) is 0 Å². The molecule has 0 saturated carbocycles. The van der Waals surface area contributed by atoms with Gasteiger partial charge in [-0.3, -0.25) is 9.59 Å². The summed E-state index contributed by atoms with van der Waals surface area (Å²) in [4.78, 5) is 36.7. The SMILES string of the molecule is CCOC(=O)c1c(NC(=O)COC(C)=O)sc2c1CC[C@@H](C(C)(C)CC)C2. The fourth-order valence-corrected chi connectivity index (χ4v) is 4.71. The Morgan fingerprint density at radius 1 is 1.22 bits per heavy atom. The third-order valence-electron chi connectivity index (χ3n) is 5.42. The molecule has 1 atom stereocenters. The van der Waals surface area contributed by atoms with E-state index in [1.807, 2.05) is 0 Å². The molecule has 0 unspecified atom stereocenters. The Bertz CT molecular complexity index is 722. The molecule has 1 heterocycles. The Kier molecular flexibility index (Phi) is 7.03. The number of anilines is 1. The predicted molar refractivity (Wildman–Crippen MR) is 105 cm³/mol. The van der Waals surface area contributed by atoms with Crippen LogP contribution in [0, 0.1) is 11.3 Å². The third-order valence-corrected chi connectivity index (χ3v) is 6.59. The number of ether oxygens (including phenoxy) is 2. The fraction of sp³-hybridized carbons (Fsp3) is 0.650. The summed E-state index contributed by atoms with van der Waals surface area (Å²) in [5.41, 5.74) is 1.68. The molecule has 1 aliphatic carbocycles. The van der Waals surface area contributed by atoms with Crippen molar-refractivity contribution in [3.05, 3.63) is 16.0 Å². The number of esters is 2. The lowest BCUT2D eigenvalue weighted by atomic mass is 9.69. The monoisotopic (exact) mass is 395 g/mol. The van der Waals surface area contributed by atoms with Crippen LogP contribution in [0.15, 0.2) is 0 Å². The van der Waals surface area contributed by atoms with Crippen LogP contribution in [0.5, 0.6) is 0 Å². The Morgan fingerprint density at radius 3 is 2.52 bits per heavy atom. The molecule has 0 fully saturated rings. The number of nitrogens with one attached hydrogen (secondary N) is 1. The summed E-state index contributed by atoms with van der Waals surface area (Å²) < 4.78 is 9.96. The molecule has 0 spiro atoms. The van der Waals surface area contributed by atoms with Crippen LogP contribution < -0.4 is 5.32 Å². The molecule has 27 heavy (non-hydrogen) atoms. The lowest BCUT2D eigenvalue weighted by Gasteiger charge is -2.36. The lowest BCUT2D eigenvalue weighted by molar-refractivity contribution is -0.144. The summed E-state index contributed by atoms with van der Waals surface area (Å²) in [6.07, 6.45) is 3.80. The van der Waals surface area contributed by atoms with E-state index in [2.05, 4.69) is 26.1 Å². The minimum Gasteiger partial charge on any atom is -0.462 e. The van der Waals surface area contributed by atoms with Gasteiger partial charge in [0.15, 0.2) is 6.61 Å². The molecule has 0 radical (unpaired) electrons. The number of hydrogen-bond donors (Lipinski definition) is 1. The number of carbonyl (C=O) groups is 3. The molecule has 6 nitrogen and oxygen atoms in total. The first kappa shape index (κ1) is 21.4. The number of thiophene rings is 1. The van der Waals surface area contributed by atoms with Gasteiger partial charge in [0.25, 0.3) is 5.91 Å². The molecule has 7 heteroatoms. The number of fused-ring (bicyclic) bond motifs is 1. The molecular weight excluding hydrogens is 366 g/mol. The van der Waals surface area contributed by atoms with E-state index >= 15 is 0 Å². The summed E-state index contributed by atoms with van der Waals surface area (Å²) >= 11 is 1.44. The first-order chi connectivity index (χ1) is 12.7. The van der Waals surface area contributed by atoms with Gasteiger partial charge >= 0.3 is 11.9 Å². The van der Waals surface area contributed by atoms with E-state index in [1.165, 1.54) is 18.3 Å². The average molecular weight is 396 g/mol. The second kappa shape index (κ2) is 8.87. The van der Waals surface area contributed by atoms with Crippen molar-refractivity contribution in [2.75, 3.05) is 18.5 Å². The van der Waals surface area contributed by atoms with Gasteiger partial charge < -0.3 is 14.8 Å². The van der Waals surface area contributed by atoms with Crippen molar-refractivity contribution in [3.8, 4) is 0 Å². The fourth-order valence-electron chi connectivity index (χ4n) is 3.38. The van der Waals surface area contributed by atoms with Crippen LogP contribution in [0.4, 0.5) is 5.00 Å². The quantitative estimate of drug-likeness (QED) is 0.707. The van der Waals surface area contributed by atoms with Crippen molar-refractivity contribution in [2.45, 2.75) is 60.3 Å². The van der Waals surface area contributed by atoms with Crippen LogP contribution in [0.1, 0.15) is 68.3 Å². The van der Waals surface area contributed by atoms with Crippen LogP contribution in [0.25, 0.3) is 0 Å². The van der Waals surface area contributed by atoms with Gasteiger partial charge in [0.1, 0.15) is 5.00 Å². The van der Waals surface area contributed by atoms with Gasteiger partial charge in [-0.2, -0.15) is 0 Å². The van der Waals surface area contributed by atoms with Crippen molar-refractivity contribution < 1.29 is 23.9 Å². The number of carbonyl (C=O) groups excluding carboxylic acids is 3. The summed E-state index contributed by atoms with van der Waals surface area (Å²) in [5, 5.41) is 3.22. The Balaban J connectivity index is 2.30. The molecule has 1 amide bonds. The zero-order chi connectivity index (χ0) is 20.2. The zero-order valence-electron chi connectivity index (χ0n) is 16.8. The molecule has 0 aliphatic heterocycles. The van der Waals surface area contributed by atoms with E-state index in [1.54, 1.807) is 6.92 Å². The Labute approximate surface area is 164 Å². The van der Waals surface area contributed by atoms with Gasteiger partial charge in [-0.15, -0.1) is 11.3 Å². The van der Waals surface area contributed by atoms with E-state index in [0.29, 0.717) is 16.5 Å². The van der Waals surface area contributed by atoms with Crippen molar-refractivity contribution in [3.63, 3.8) is 0 Å². The van der Waals surface area contributed by atoms with E-state index in [0.717, 1.165) is 36.1 Å². The van der Waals surface area contributed by atoms with Crippen LogP contribution in [0.3, 0.4) is 0 Å². The van der Waals surface area contributed by atoms with Crippen molar-refractivity contribution in [2.24, 2.45) is 11.3 Å². The predicted octanol–water partition coefficient (Wildman–Crippen LogP) is 3.97. The standard InChI is InChI=1S/C20H29NO5S/c1-6-20(4,5)13-8-9-14-15(10-13)27-18(17(14)19(24)25-7-2)21-16(23)11-26-12(3)22/h13H,6-11H2,1-5H3,(H,21,23)/t13-/m1/s1. The van der Waals surface area contributed by atoms with Gasteiger partial charge in [0, 0.05) is 11.8 Å². The third kappa shape index (κ3) is 5.09. The summed E-state index contributed by atoms with van der Waals surface area (Å²) in [6, 6.07) is 0. The van der Waals surface area contributed by atoms with Gasteiger partial charge in [-0.1, -0.05) is 27.2 Å². The van der Waals surface area contributed by atoms with E-state index < -0.39 is 17.8 Å². The van der Waals surface area contributed by atoms with Gasteiger partial charge in [0.05, 0.1) is 12.2 Å². The first-order valence-corrected chi connectivity index (χ1v) is 10.3. The Morgan fingerprint density at radius 2 is 1.93 bits per heavy atom. The van der Waals surface area contributed by atoms with Gasteiger partial charge in [-0.25, -0.2) is 4.79 Å². The lowest BCUT2D eigenvalue weighted by Crippen LogP contribution is -2.28. The topological polar surface area (TPSA) is 81.7 Å². The molecule has 0 bridgehead atoms. The summed E-state index contributed by atoms with van der Waals surface area (Å²) in [5.74, 6) is -0.857. The van der Waals surface area contributed by atoms with Crippen LogP contribution >= 0.6 is 11.3 Å². The van der Waals surface area contributed by atoms with Crippen LogP contribution in [-0.4, -0.2) is 31.1 Å². The molecule has 150 valence electrons. The largest absolute Gasteiger partial charge is 0.462 e. The van der Waals surface area contributed by atoms with E-state index in [4.69, 9.17) is 9.47 Å². The highest BCUT2D eigenvalue weighted by molar-refractivity contribution is 7.17. The second-order valence-corrected chi connectivity index (χ2v) is 8.64. The van der Waals surface area contributed by atoms with Crippen LogP contribution in [-0.2, 0) is 31.9 Å². The van der Waals surface area contributed by atoms with Crippen molar-refractivity contribution in [1.29, 1.82) is 0 Å². The van der Waals surface area contributed by atoms with Crippen molar-refractivity contribution >= 4 is 34.2 Å². The smallest absolute Gasteiger partial charge is 0.341 e. The molecule has 1 N–H and O–H groups in total. The van der Waals surface area contributed by atoms with Gasteiger partial charge in [0.2, 0.25) is 0 Å². The molecule has 1 aromatic heterocycles. The summed E-state index contributed by atoms with van der Waals surface area (Å²) in [7, 11) is 0. The maximum absolute atomic E-state index is 12.5. The van der Waals surface area contributed by atoms with E-state index in [9.17, 15) is 14.4 Å². The first-order valence-electron chi connectivity index (χ1n) is 9.44. The highest BCUT2D eigenvalue weighted by Crippen LogP contribution is 2.45. The highest BCUT2D eigenvalue weighted by Gasteiger charge is 2.35. The molecular formula is C20H29NO5S. The molecule has 0 saturated heterocycles. The van der Waals surface area contributed by atoms with Gasteiger partial charge in [-0.05, 0) is 43.1 Å². The maximum atomic E-state index is 12.5. The number of hydrogen-bond acceptors (Lipinski definition) is 6. The molecule has 1 aliphatic rings. The zero-order valence-corrected chi connectivity index (χ0v) is 17.6.